The lowest BCUT2D eigenvalue weighted by atomic mass is 10.1. The summed E-state index contributed by atoms with van der Waals surface area (Å²) in [5.41, 5.74) is 0.937. The van der Waals surface area contributed by atoms with Gasteiger partial charge in [0.15, 0.2) is 0 Å². The largest absolute Gasteiger partial charge is 0.454 e. The summed E-state index contributed by atoms with van der Waals surface area (Å²) in [4.78, 5) is 12.4. The van der Waals surface area contributed by atoms with Crippen molar-refractivity contribution in [3.05, 3.63) is 65.5 Å². The molecule has 0 aromatic heterocycles. The Balaban J connectivity index is 1.69. The van der Waals surface area contributed by atoms with Crippen molar-refractivity contribution in [2.75, 3.05) is 13.1 Å². The van der Waals surface area contributed by atoms with E-state index in [1.165, 1.54) is 40.7 Å². The van der Waals surface area contributed by atoms with Gasteiger partial charge >= 0.3 is 5.97 Å². The van der Waals surface area contributed by atoms with Gasteiger partial charge in [-0.3, -0.25) is 0 Å². The molecule has 3 rings (SSSR count). The van der Waals surface area contributed by atoms with Gasteiger partial charge in [-0.1, -0.05) is 12.1 Å². The Morgan fingerprint density at radius 2 is 1.62 bits per heavy atom. The molecule has 0 N–H and O–H groups in total. The number of hydrogen-bond donors (Lipinski definition) is 0. The average molecular weight is 377 g/mol. The second-order valence-electron chi connectivity index (χ2n) is 6.23. The lowest BCUT2D eigenvalue weighted by Crippen LogP contribution is -2.27. The Labute approximate surface area is 152 Å². The summed E-state index contributed by atoms with van der Waals surface area (Å²) in [7, 11) is -3.51. The van der Waals surface area contributed by atoms with Crippen molar-refractivity contribution in [3.63, 3.8) is 0 Å². The molecule has 1 saturated heterocycles. The Morgan fingerprint density at radius 3 is 2.19 bits per heavy atom. The molecular formula is C19H20FNO4S. The zero-order chi connectivity index (χ0) is 18.7. The number of carbonyl (C=O) groups is 1. The van der Waals surface area contributed by atoms with Gasteiger partial charge in [-0.2, -0.15) is 4.31 Å². The van der Waals surface area contributed by atoms with Crippen molar-refractivity contribution in [1.29, 1.82) is 0 Å². The molecule has 1 fully saturated rings. The van der Waals surface area contributed by atoms with E-state index in [1.54, 1.807) is 19.1 Å². The predicted molar refractivity (Wildman–Crippen MR) is 94.7 cm³/mol. The van der Waals surface area contributed by atoms with E-state index < -0.39 is 22.1 Å². The molecule has 26 heavy (non-hydrogen) atoms. The second-order valence-corrected chi connectivity index (χ2v) is 8.17. The van der Waals surface area contributed by atoms with Crippen LogP contribution in [0.4, 0.5) is 4.39 Å². The number of rotatable bonds is 5. The van der Waals surface area contributed by atoms with Gasteiger partial charge < -0.3 is 4.74 Å². The van der Waals surface area contributed by atoms with Crippen molar-refractivity contribution in [3.8, 4) is 0 Å². The molecule has 0 aliphatic carbocycles. The third-order valence-corrected chi connectivity index (χ3v) is 6.33. The van der Waals surface area contributed by atoms with Crippen LogP contribution in [-0.2, 0) is 14.8 Å². The minimum absolute atomic E-state index is 0.169. The van der Waals surface area contributed by atoms with E-state index in [0.29, 0.717) is 18.7 Å². The maximum atomic E-state index is 13.0. The summed E-state index contributed by atoms with van der Waals surface area (Å²) in [6.45, 7) is 2.75. The van der Waals surface area contributed by atoms with Gasteiger partial charge in [0.25, 0.3) is 0 Å². The minimum Gasteiger partial charge on any atom is -0.454 e. The van der Waals surface area contributed by atoms with Crippen LogP contribution in [0.3, 0.4) is 0 Å². The van der Waals surface area contributed by atoms with E-state index in [4.69, 9.17) is 4.74 Å². The van der Waals surface area contributed by atoms with Gasteiger partial charge in [-0.05, 0) is 61.7 Å². The number of nitrogens with zero attached hydrogens (tertiary/aromatic N) is 1. The highest BCUT2D eigenvalue weighted by Crippen LogP contribution is 2.23. The number of hydrogen-bond acceptors (Lipinski definition) is 4. The minimum atomic E-state index is -3.51. The first-order valence-electron chi connectivity index (χ1n) is 8.44. The summed E-state index contributed by atoms with van der Waals surface area (Å²) >= 11 is 0. The first kappa shape index (κ1) is 18.5. The summed E-state index contributed by atoms with van der Waals surface area (Å²) in [5.74, 6) is -0.922. The Kier molecular flexibility index (Phi) is 5.38. The smallest absolute Gasteiger partial charge is 0.338 e. The molecular weight excluding hydrogens is 357 g/mol. The Bertz CT molecular complexity index is 873. The van der Waals surface area contributed by atoms with Gasteiger partial charge in [-0.25, -0.2) is 17.6 Å². The maximum Gasteiger partial charge on any atom is 0.338 e. The van der Waals surface area contributed by atoms with Crippen molar-refractivity contribution in [2.24, 2.45) is 0 Å². The zero-order valence-corrected chi connectivity index (χ0v) is 15.2. The van der Waals surface area contributed by atoms with Crippen molar-refractivity contribution < 1.29 is 22.3 Å². The van der Waals surface area contributed by atoms with Crippen LogP contribution in [0.2, 0.25) is 0 Å². The lowest BCUT2D eigenvalue weighted by molar-refractivity contribution is 0.0337. The maximum absolute atomic E-state index is 13.0. The highest BCUT2D eigenvalue weighted by Gasteiger charge is 2.27. The SMILES string of the molecule is C[C@@H](OC(=O)c1ccc(S(=O)(=O)N2CCCC2)cc1)c1ccc(F)cc1. The van der Waals surface area contributed by atoms with Crippen LogP contribution in [-0.4, -0.2) is 31.8 Å². The normalized spacial score (nSPS) is 16.4. The molecule has 2 aromatic rings. The van der Waals surface area contributed by atoms with E-state index in [2.05, 4.69) is 0 Å². The Morgan fingerprint density at radius 1 is 1.04 bits per heavy atom. The molecule has 0 saturated carbocycles. The van der Waals surface area contributed by atoms with E-state index in [0.717, 1.165) is 12.8 Å². The molecule has 0 amide bonds. The molecule has 0 radical (unpaired) electrons. The summed E-state index contributed by atoms with van der Waals surface area (Å²) in [6, 6.07) is 11.5. The number of esters is 1. The molecule has 1 heterocycles. The molecule has 1 atom stereocenters. The van der Waals surface area contributed by atoms with Crippen LogP contribution in [0, 0.1) is 5.82 Å². The number of sulfonamides is 1. The quantitative estimate of drug-likeness (QED) is 0.748. The molecule has 2 aromatic carbocycles. The number of halogens is 1. The summed E-state index contributed by atoms with van der Waals surface area (Å²) in [6.07, 6.45) is 1.19. The fourth-order valence-electron chi connectivity index (χ4n) is 2.87. The van der Waals surface area contributed by atoms with Gasteiger partial charge in [0.2, 0.25) is 10.0 Å². The van der Waals surface area contributed by atoms with Gasteiger partial charge in [0.05, 0.1) is 10.5 Å². The second kappa shape index (κ2) is 7.55. The summed E-state index contributed by atoms with van der Waals surface area (Å²) < 4.78 is 44.8. The monoisotopic (exact) mass is 377 g/mol. The number of carbonyl (C=O) groups excluding carboxylic acids is 1. The van der Waals surface area contributed by atoms with Crippen LogP contribution < -0.4 is 0 Å². The molecule has 1 aliphatic heterocycles. The van der Waals surface area contributed by atoms with Gasteiger partial charge in [-0.15, -0.1) is 0 Å². The summed E-state index contributed by atoms with van der Waals surface area (Å²) in [5, 5.41) is 0. The van der Waals surface area contributed by atoms with Gasteiger partial charge in [0.1, 0.15) is 11.9 Å². The molecule has 0 bridgehead atoms. The van der Waals surface area contributed by atoms with E-state index in [9.17, 15) is 17.6 Å². The lowest BCUT2D eigenvalue weighted by Gasteiger charge is -2.16. The third kappa shape index (κ3) is 3.94. The van der Waals surface area contributed by atoms with Crippen LogP contribution in [0.25, 0.3) is 0 Å². The average Bonchev–Trinajstić information content (AvgIpc) is 3.18. The van der Waals surface area contributed by atoms with Crippen LogP contribution in [0.5, 0.6) is 0 Å². The van der Waals surface area contributed by atoms with Crippen molar-refractivity contribution in [2.45, 2.75) is 30.8 Å². The highest BCUT2D eigenvalue weighted by atomic mass is 32.2. The van der Waals surface area contributed by atoms with E-state index >= 15 is 0 Å². The number of benzene rings is 2. The third-order valence-electron chi connectivity index (χ3n) is 4.42. The fourth-order valence-corrected chi connectivity index (χ4v) is 4.39. The van der Waals surface area contributed by atoms with E-state index in [1.807, 2.05) is 0 Å². The topological polar surface area (TPSA) is 63.7 Å². The van der Waals surface area contributed by atoms with E-state index in [-0.39, 0.29) is 16.3 Å². The van der Waals surface area contributed by atoms with Crippen LogP contribution in [0.1, 0.15) is 41.8 Å². The molecule has 138 valence electrons. The zero-order valence-electron chi connectivity index (χ0n) is 14.4. The van der Waals surface area contributed by atoms with Crippen molar-refractivity contribution >= 4 is 16.0 Å². The molecule has 0 unspecified atom stereocenters. The molecule has 1 aliphatic rings. The number of ether oxygens (including phenoxy) is 1. The Hall–Kier alpha value is -2.25. The fraction of sp³-hybridized carbons (Fsp3) is 0.316. The van der Waals surface area contributed by atoms with Crippen LogP contribution >= 0.6 is 0 Å². The van der Waals surface area contributed by atoms with Crippen molar-refractivity contribution in [1.82, 2.24) is 4.31 Å². The first-order chi connectivity index (χ1) is 12.4. The molecule has 0 spiro atoms. The molecule has 7 heteroatoms. The highest BCUT2D eigenvalue weighted by molar-refractivity contribution is 7.89. The molecule has 5 nitrogen and oxygen atoms in total. The van der Waals surface area contributed by atoms with Crippen LogP contribution in [0.15, 0.2) is 53.4 Å². The predicted octanol–water partition coefficient (Wildman–Crippen LogP) is 3.53. The van der Waals surface area contributed by atoms with Gasteiger partial charge in [0, 0.05) is 13.1 Å². The first-order valence-corrected chi connectivity index (χ1v) is 9.88. The standard InChI is InChI=1S/C19H20FNO4S/c1-14(15-4-8-17(20)9-5-15)25-19(22)16-6-10-18(11-7-16)26(23,24)21-12-2-3-13-21/h4-11,14H,2-3,12-13H2,1H3/t14-/m1/s1.